The average Bonchev–Trinajstić information content (AvgIpc) is 2.81. The van der Waals surface area contributed by atoms with Crippen molar-refractivity contribution in [3.63, 3.8) is 0 Å². The zero-order valence-electron chi connectivity index (χ0n) is 12.8. The lowest BCUT2D eigenvalue weighted by Gasteiger charge is -2.23. The van der Waals surface area contributed by atoms with Crippen LogP contribution in [0.2, 0.25) is 0 Å². The second-order valence-corrected chi connectivity index (χ2v) is 5.40. The molecule has 2 amide bonds. The lowest BCUT2D eigenvalue weighted by Crippen LogP contribution is -2.44. The van der Waals surface area contributed by atoms with Crippen LogP contribution in [-0.2, 0) is 6.42 Å². The van der Waals surface area contributed by atoms with Gasteiger partial charge in [0.1, 0.15) is 0 Å². The molecule has 114 valence electrons. The molecule has 0 aliphatic rings. The summed E-state index contributed by atoms with van der Waals surface area (Å²) in [5.74, 6) is 0. The molecule has 0 aliphatic heterocycles. The fourth-order valence-electron chi connectivity index (χ4n) is 2.40. The van der Waals surface area contributed by atoms with Gasteiger partial charge in [0, 0.05) is 30.2 Å². The van der Waals surface area contributed by atoms with Gasteiger partial charge in [-0.2, -0.15) is 0 Å². The van der Waals surface area contributed by atoms with Crippen molar-refractivity contribution in [3.8, 4) is 0 Å². The summed E-state index contributed by atoms with van der Waals surface area (Å²) in [4.78, 5) is 16.8. The first-order chi connectivity index (χ1) is 10.0. The van der Waals surface area contributed by atoms with Crippen LogP contribution in [0.3, 0.4) is 0 Å². The summed E-state index contributed by atoms with van der Waals surface area (Å²) >= 11 is 0. The Bertz CT molecular complexity index is 621. The summed E-state index contributed by atoms with van der Waals surface area (Å²) in [6.07, 6.45) is 0.781. The van der Waals surface area contributed by atoms with E-state index in [4.69, 9.17) is 5.11 Å². The van der Waals surface area contributed by atoms with Crippen LogP contribution in [-0.4, -0.2) is 47.3 Å². The molecule has 1 atom stereocenters. The van der Waals surface area contributed by atoms with Gasteiger partial charge in [0.15, 0.2) is 0 Å². The van der Waals surface area contributed by atoms with Gasteiger partial charge >= 0.3 is 6.03 Å². The molecular weight excluding hydrogens is 266 g/mol. The number of aromatic nitrogens is 1. The fourth-order valence-corrected chi connectivity index (χ4v) is 2.40. The van der Waals surface area contributed by atoms with Gasteiger partial charge in [0.05, 0.1) is 12.6 Å². The monoisotopic (exact) mass is 289 g/mol. The van der Waals surface area contributed by atoms with Crippen molar-refractivity contribution in [3.05, 3.63) is 35.5 Å². The number of aliphatic hydroxyl groups is 1. The average molecular weight is 289 g/mol. The number of urea groups is 1. The number of H-pyrrole nitrogens is 1. The van der Waals surface area contributed by atoms with Gasteiger partial charge < -0.3 is 20.3 Å². The van der Waals surface area contributed by atoms with E-state index < -0.39 is 0 Å². The molecule has 0 bridgehead atoms. The maximum Gasteiger partial charge on any atom is 0.317 e. The van der Waals surface area contributed by atoms with Crippen LogP contribution < -0.4 is 5.32 Å². The molecule has 1 heterocycles. The third-order valence-electron chi connectivity index (χ3n) is 3.92. The second-order valence-electron chi connectivity index (χ2n) is 5.40. The summed E-state index contributed by atoms with van der Waals surface area (Å²) in [7, 11) is 1.69. The van der Waals surface area contributed by atoms with E-state index in [1.54, 1.807) is 7.05 Å². The molecule has 3 N–H and O–H groups in total. The molecule has 2 aromatic rings. The lowest BCUT2D eigenvalue weighted by atomic mass is 10.1. The van der Waals surface area contributed by atoms with Crippen LogP contribution in [0.1, 0.15) is 18.2 Å². The predicted octanol–water partition coefficient (Wildman–Crippen LogP) is 2.04. The van der Waals surface area contributed by atoms with Gasteiger partial charge in [-0.25, -0.2) is 4.79 Å². The zero-order chi connectivity index (χ0) is 15.4. The maximum absolute atomic E-state index is 11.9. The molecule has 21 heavy (non-hydrogen) atoms. The first kappa shape index (κ1) is 15.4. The van der Waals surface area contributed by atoms with Crippen molar-refractivity contribution in [2.75, 3.05) is 20.2 Å². The highest BCUT2D eigenvalue weighted by atomic mass is 16.3. The van der Waals surface area contributed by atoms with Crippen LogP contribution in [0.5, 0.6) is 0 Å². The smallest absolute Gasteiger partial charge is 0.317 e. The molecule has 0 radical (unpaired) electrons. The van der Waals surface area contributed by atoms with E-state index in [1.807, 2.05) is 19.1 Å². The van der Waals surface area contributed by atoms with E-state index in [-0.39, 0.29) is 18.7 Å². The number of hydrogen-bond donors (Lipinski definition) is 3. The van der Waals surface area contributed by atoms with E-state index in [2.05, 4.69) is 29.4 Å². The molecular formula is C16H23N3O2. The number of aromatic amines is 1. The van der Waals surface area contributed by atoms with Gasteiger partial charge in [-0.1, -0.05) is 18.2 Å². The van der Waals surface area contributed by atoms with E-state index in [1.165, 1.54) is 15.8 Å². The SMILES string of the molecule is Cc1[nH]c2ccccc2c1CCNC(=O)N(C)C(C)CO. The van der Waals surface area contributed by atoms with E-state index in [0.29, 0.717) is 6.54 Å². The topological polar surface area (TPSA) is 68.4 Å². The van der Waals surface area contributed by atoms with Gasteiger partial charge in [-0.3, -0.25) is 0 Å². The number of hydrogen-bond acceptors (Lipinski definition) is 2. The highest BCUT2D eigenvalue weighted by Gasteiger charge is 2.14. The summed E-state index contributed by atoms with van der Waals surface area (Å²) in [5.41, 5.74) is 3.51. The number of nitrogens with one attached hydrogen (secondary N) is 2. The Balaban J connectivity index is 1.97. The van der Waals surface area contributed by atoms with Crippen LogP contribution in [0.15, 0.2) is 24.3 Å². The number of nitrogens with zero attached hydrogens (tertiary/aromatic N) is 1. The quantitative estimate of drug-likeness (QED) is 0.788. The Kier molecular flexibility index (Phi) is 4.85. The summed E-state index contributed by atoms with van der Waals surface area (Å²) in [5, 5.41) is 13.2. The van der Waals surface area contributed by atoms with E-state index in [0.717, 1.165) is 17.6 Å². The highest BCUT2D eigenvalue weighted by Crippen LogP contribution is 2.21. The number of carbonyl (C=O) groups excluding carboxylic acids is 1. The first-order valence-corrected chi connectivity index (χ1v) is 7.22. The molecule has 0 aliphatic carbocycles. The molecule has 5 heteroatoms. The van der Waals surface area contributed by atoms with Gasteiger partial charge in [-0.15, -0.1) is 0 Å². The maximum atomic E-state index is 11.9. The molecule has 0 saturated carbocycles. The second kappa shape index (κ2) is 6.63. The minimum Gasteiger partial charge on any atom is -0.394 e. The summed E-state index contributed by atoms with van der Waals surface area (Å²) < 4.78 is 0. The summed E-state index contributed by atoms with van der Waals surface area (Å²) in [6, 6.07) is 7.84. The minimum absolute atomic E-state index is 0.0362. The molecule has 0 saturated heterocycles. The Morgan fingerprint density at radius 2 is 2.14 bits per heavy atom. The number of rotatable bonds is 5. The standard InChI is InChI=1S/C16H23N3O2/c1-11(10-20)19(3)16(21)17-9-8-13-12(2)18-15-7-5-4-6-14(13)15/h4-7,11,18,20H,8-10H2,1-3H3,(H,17,21). The number of amides is 2. The zero-order valence-corrected chi connectivity index (χ0v) is 12.8. The largest absolute Gasteiger partial charge is 0.394 e. The van der Waals surface area contributed by atoms with Crippen molar-refractivity contribution in [1.29, 1.82) is 0 Å². The number of aliphatic hydroxyl groups excluding tert-OH is 1. The van der Waals surface area contributed by atoms with Crippen LogP contribution in [0, 0.1) is 6.92 Å². The Labute approximate surface area is 125 Å². The number of carbonyl (C=O) groups is 1. The third kappa shape index (κ3) is 3.36. The van der Waals surface area contributed by atoms with Crippen molar-refractivity contribution in [1.82, 2.24) is 15.2 Å². The van der Waals surface area contributed by atoms with E-state index >= 15 is 0 Å². The third-order valence-corrected chi connectivity index (χ3v) is 3.92. The molecule has 1 aromatic carbocycles. The predicted molar refractivity (Wildman–Crippen MR) is 84.4 cm³/mol. The molecule has 1 unspecified atom stereocenters. The van der Waals surface area contributed by atoms with Crippen molar-refractivity contribution >= 4 is 16.9 Å². The van der Waals surface area contributed by atoms with E-state index in [9.17, 15) is 4.79 Å². The molecule has 5 nitrogen and oxygen atoms in total. The number of para-hydroxylation sites is 1. The van der Waals surface area contributed by atoms with Crippen molar-refractivity contribution in [2.45, 2.75) is 26.3 Å². The lowest BCUT2D eigenvalue weighted by molar-refractivity contribution is 0.157. The number of benzene rings is 1. The van der Waals surface area contributed by atoms with Crippen LogP contribution in [0.25, 0.3) is 10.9 Å². The van der Waals surface area contributed by atoms with Crippen LogP contribution >= 0.6 is 0 Å². The van der Waals surface area contributed by atoms with Gasteiger partial charge in [-0.05, 0) is 31.9 Å². The molecule has 0 spiro atoms. The Morgan fingerprint density at radius 1 is 1.43 bits per heavy atom. The van der Waals surface area contributed by atoms with Crippen molar-refractivity contribution < 1.29 is 9.90 Å². The number of fused-ring (bicyclic) bond motifs is 1. The Hall–Kier alpha value is -2.01. The molecule has 2 rings (SSSR count). The summed E-state index contributed by atoms with van der Waals surface area (Å²) in [6.45, 7) is 4.40. The highest BCUT2D eigenvalue weighted by molar-refractivity contribution is 5.84. The number of likely N-dealkylation sites (N-methyl/N-ethyl adjacent to an activating group) is 1. The fraction of sp³-hybridized carbons (Fsp3) is 0.438. The first-order valence-electron chi connectivity index (χ1n) is 7.22. The molecule has 0 fully saturated rings. The number of aryl methyl sites for hydroxylation is 1. The molecule has 1 aromatic heterocycles. The van der Waals surface area contributed by atoms with Crippen LogP contribution in [0.4, 0.5) is 4.79 Å². The van der Waals surface area contributed by atoms with Gasteiger partial charge in [0.25, 0.3) is 0 Å². The van der Waals surface area contributed by atoms with Crippen molar-refractivity contribution in [2.24, 2.45) is 0 Å². The Morgan fingerprint density at radius 3 is 2.86 bits per heavy atom. The minimum atomic E-state index is -0.181. The normalized spacial score (nSPS) is 12.4. The van der Waals surface area contributed by atoms with Gasteiger partial charge in [0.2, 0.25) is 0 Å².